The van der Waals surface area contributed by atoms with Crippen molar-refractivity contribution in [1.29, 1.82) is 0 Å². The first kappa shape index (κ1) is 19.1. The van der Waals surface area contributed by atoms with Gasteiger partial charge in [-0.2, -0.15) is 13.2 Å². The number of piperidine rings is 1. The van der Waals surface area contributed by atoms with Gasteiger partial charge in [-0.3, -0.25) is 10.1 Å². The summed E-state index contributed by atoms with van der Waals surface area (Å²) in [6.07, 6.45) is -0.827. The van der Waals surface area contributed by atoms with Crippen LogP contribution >= 0.6 is 0 Å². The second kappa shape index (κ2) is 7.32. The number of nitro benzene ring substituents is 1. The summed E-state index contributed by atoms with van der Waals surface area (Å²) in [6.45, 7) is 1.56. The molecular weight excluding hydrogens is 389 g/mol. The molecule has 1 saturated heterocycles. The fourth-order valence-corrected chi connectivity index (χ4v) is 3.51. The van der Waals surface area contributed by atoms with Gasteiger partial charge in [0, 0.05) is 42.0 Å². The zero-order valence-electron chi connectivity index (χ0n) is 15.1. The number of alkyl halides is 3. The molecule has 0 saturated carbocycles. The molecule has 152 valence electrons. The van der Waals surface area contributed by atoms with Gasteiger partial charge in [-0.25, -0.2) is 9.97 Å². The summed E-state index contributed by atoms with van der Waals surface area (Å²) in [5.74, 6) is 0.0847. The van der Waals surface area contributed by atoms with Crippen LogP contribution < -0.4 is 10.6 Å². The monoisotopic (exact) mass is 406 g/mol. The topological polar surface area (TPSA) is 109 Å². The molecule has 29 heavy (non-hydrogen) atoms. The number of rotatable bonds is 4. The van der Waals surface area contributed by atoms with E-state index < -0.39 is 16.7 Å². The minimum Gasteiger partial charge on any atom is -0.355 e. The van der Waals surface area contributed by atoms with Gasteiger partial charge in [0.2, 0.25) is 5.95 Å². The fraction of sp³-hybridized carbons (Fsp3) is 0.333. The molecule has 1 fully saturated rings. The molecule has 8 nitrogen and oxygen atoms in total. The van der Waals surface area contributed by atoms with Crippen molar-refractivity contribution in [2.75, 3.05) is 18.4 Å². The number of hydrogen-bond acceptors (Lipinski definition) is 6. The van der Waals surface area contributed by atoms with E-state index in [-0.39, 0.29) is 39.8 Å². The molecule has 0 bridgehead atoms. The molecule has 0 amide bonds. The van der Waals surface area contributed by atoms with Crippen LogP contribution in [0.25, 0.3) is 22.2 Å². The maximum Gasteiger partial charge on any atom is 0.419 e. The number of nitrogens with one attached hydrogen (secondary N) is 3. The molecule has 3 N–H and O–H groups in total. The molecule has 0 unspecified atom stereocenters. The van der Waals surface area contributed by atoms with Crippen LogP contribution in [0.15, 0.2) is 30.6 Å². The minimum atomic E-state index is -4.68. The van der Waals surface area contributed by atoms with Crippen LogP contribution in [-0.2, 0) is 6.18 Å². The van der Waals surface area contributed by atoms with Gasteiger partial charge >= 0.3 is 6.18 Å². The summed E-state index contributed by atoms with van der Waals surface area (Å²) < 4.78 is 40.8. The van der Waals surface area contributed by atoms with Crippen molar-refractivity contribution >= 4 is 22.5 Å². The van der Waals surface area contributed by atoms with E-state index in [1.807, 2.05) is 0 Å². The fourth-order valence-electron chi connectivity index (χ4n) is 3.51. The number of para-hydroxylation sites is 1. The lowest BCUT2D eigenvalue weighted by atomic mass is 10.1. The van der Waals surface area contributed by atoms with Crippen LogP contribution in [0.5, 0.6) is 0 Å². The number of nitro groups is 1. The van der Waals surface area contributed by atoms with Gasteiger partial charge in [0.1, 0.15) is 11.1 Å². The normalized spacial score (nSPS) is 17.4. The van der Waals surface area contributed by atoms with E-state index in [2.05, 4.69) is 25.6 Å². The average molecular weight is 406 g/mol. The van der Waals surface area contributed by atoms with E-state index in [0.29, 0.717) is 6.54 Å². The molecule has 1 aliphatic heterocycles. The van der Waals surface area contributed by atoms with E-state index in [4.69, 9.17) is 0 Å². The lowest BCUT2D eigenvalue weighted by Crippen LogP contribution is -2.38. The quantitative estimate of drug-likeness (QED) is 0.450. The Morgan fingerprint density at radius 2 is 2.14 bits per heavy atom. The lowest BCUT2D eigenvalue weighted by molar-refractivity contribution is -0.383. The Hall–Kier alpha value is -3.21. The van der Waals surface area contributed by atoms with Crippen molar-refractivity contribution < 1.29 is 18.1 Å². The van der Waals surface area contributed by atoms with Crippen molar-refractivity contribution in [3.05, 3.63) is 46.3 Å². The largest absolute Gasteiger partial charge is 0.419 e. The van der Waals surface area contributed by atoms with Gasteiger partial charge in [-0.15, -0.1) is 0 Å². The number of halogens is 3. The highest BCUT2D eigenvalue weighted by Gasteiger charge is 2.36. The number of aromatic amines is 1. The molecule has 1 atom stereocenters. The summed E-state index contributed by atoms with van der Waals surface area (Å²) in [5.41, 5.74) is -1.28. The summed E-state index contributed by atoms with van der Waals surface area (Å²) in [4.78, 5) is 21.3. The molecule has 2 aromatic heterocycles. The Labute approximate surface area is 162 Å². The van der Waals surface area contributed by atoms with Crippen molar-refractivity contribution in [3.63, 3.8) is 0 Å². The molecule has 3 aromatic rings. The highest BCUT2D eigenvalue weighted by atomic mass is 19.4. The van der Waals surface area contributed by atoms with E-state index in [9.17, 15) is 23.3 Å². The third-order valence-corrected chi connectivity index (χ3v) is 4.87. The van der Waals surface area contributed by atoms with Crippen LogP contribution in [0.4, 0.5) is 24.8 Å². The number of anilines is 1. The van der Waals surface area contributed by atoms with Crippen molar-refractivity contribution in [1.82, 2.24) is 20.3 Å². The Kier molecular flexibility index (Phi) is 4.82. The molecular formula is C18H17F3N6O2. The first-order chi connectivity index (χ1) is 13.8. The number of fused-ring (bicyclic) bond motifs is 1. The summed E-state index contributed by atoms with van der Waals surface area (Å²) >= 11 is 0. The maximum absolute atomic E-state index is 13.6. The van der Waals surface area contributed by atoms with Gasteiger partial charge in [-0.05, 0) is 19.4 Å². The SMILES string of the molecule is O=[N+]([O-])c1cccc2c(-c3nc(N[C@H]4CCCNC4)ncc3C(F)(F)F)c[nH]c12. The highest BCUT2D eigenvalue weighted by molar-refractivity contribution is 5.99. The second-order valence-electron chi connectivity index (χ2n) is 6.80. The third kappa shape index (κ3) is 3.73. The van der Waals surface area contributed by atoms with Crippen LogP contribution in [-0.4, -0.2) is 39.0 Å². The maximum atomic E-state index is 13.6. The first-order valence-corrected chi connectivity index (χ1v) is 9.01. The molecule has 4 rings (SSSR count). The molecule has 0 radical (unpaired) electrons. The first-order valence-electron chi connectivity index (χ1n) is 9.01. The van der Waals surface area contributed by atoms with Crippen molar-refractivity contribution in [2.45, 2.75) is 25.1 Å². The number of hydrogen-bond donors (Lipinski definition) is 3. The molecule has 1 aliphatic rings. The van der Waals surface area contributed by atoms with Gasteiger partial charge in [-0.1, -0.05) is 12.1 Å². The smallest absolute Gasteiger partial charge is 0.355 e. The van der Waals surface area contributed by atoms with E-state index in [1.54, 1.807) is 0 Å². The van der Waals surface area contributed by atoms with Crippen LogP contribution in [0.3, 0.4) is 0 Å². The lowest BCUT2D eigenvalue weighted by Gasteiger charge is -2.24. The van der Waals surface area contributed by atoms with E-state index in [0.717, 1.165) is 25.6 Å². The number of non-ortho nitro benzene ring substituents is 1. The standard InChI is InChI=1S/C18H17F3N6O2/c19-18(20,21)13-9-24-17(25-10-3-2-6-22-7-10)26-15(13)12-8-23-16-11(12)4-1-5-14(16)27(28)29/h1,4-5,8-10,22-23H,2-3,6-7H2,(H,24,25,26)/t10-/m0/s1. The van der Waals surface area contributed by atoms with E-state index in [1.165, 1.54) is 24.4 Å². The van der Waals surface area contributed by atoms with Crippen LogP contribution in [0, 0.1) is 10.1 Å². The van der Waals surface area contributed by atoms with Crippen LogP contribution in [0.1, 0.15) is 18.4 Å². The van der Waals surface area contributed by atoms with Gasteiger partial charge < -0.3 is 15.6 Å². The Morgan fingerprint density at radius 1 is 1.31 bits per heavy atom. The molecule has 3 heterocycles. The number of benzene rings is 1. The average Bonchev–Trinajstić information content (AvgIpc) is 3.12. The minimum absolute atomic E-state index is 0.0115. The zero-order chi connectivity index (χ0) is 20.6. The summed E-state index contributed by atoms with van der Waals surface area (Å²) in [6, 6.07) is 4.25. The van der Waals surface area contributed by atoms with E-state index >= 15 is 0 Å². The molecule has 1 aromatic carbocycles. The molecule has 0 spiro atoms. The summed E-state index contributed by atoms with van der Waals surface area (Å²) in [7, 11) is 0. The molecule has 0 aliphatic carbocycles. The number of nitrogens with zero attached hydrogens (tertiary/aromatic N) is 3. The van der Waals surface area contributed by atoms with Crippen LogP contribution in [0.2, 0.25) is 0 Å². The van der Waals surface area contributed by atoms with Gasteiger partial charge in [0.15, 0.2) is 0 Å². The molecule has 11 heteroatoms. The Morgan fingerprint density at radius 3 is 2.83 bits per heavy atom. The Balaban J connectivity index is 1.82. The predicted molar refractivity (Wildman–Crippen MR) is 100 cm³/mol. The van der Waals surface area contributed by atoms with Crippen molar-refractivity contribution in [3.8, 4) is 11.3 Å². The third-order valence-electron chi connectivity index (χ3n) is 4.87. The number of H-pyrrole nitrogens is 1. The van der Waals surface area contributed by atoms with Gasteiger partial charge in [0.05, 0.1) is 10.6 Å². The highest BCUT2D eigenvalue weighted by Crippen LogP contribution is 2.40. The number of aromatic nitrogens is 3. The van der Waals surface area contributed by atoms with Gasteiger partial charge in [0.25, 0.3) is 5.69 Å². The zero-order valence-corrected chi connectivity index (χ0v) is 15.1. The van der Waals surface area contributed by atoms with Crippen molar-refractivity contribution in [2.24, 2.45) is 0 Å². The Bertz CT molecular complexity index is 1060. The predicted octanol–water partition coefficient (Wildman–Crippen LogP) is 3.72. The summed E-state index contributed by atoms with van der Waals surface area (Å²) in [5, 5.41) is 17.8. The second-order valence-corrected chi connectivity index (χ2v) is 6.80.